The minimum atomic E-state index is -1.04. The third kappa shape index (κ3) is 4.87. The van der Waals surface area contributed by atoms with Gasteiger partial charge in [-0.15, -0.1) is 0 Å². The summed E-state index contributed by atoms with van der Waals surface area (Å²) in [7, 11) is 2.85. The van der Waals surface area contributed by atoms with Crippen LogP contribution in [0.4, 0.5) is 4.79 Å². The second-order valence-electron chi connectivity index (χ2n) is 8.85. The van der Waals surface area contributed by atoms with Crippen molar-refractivity contribution in [3.63, 3.8) is 0 Å². The number of benzene rings is 2. The lowest BCUT2D eigenvalue weighted by Gasteiger charge is -2.27. The fourth-order valence-corrected chi connectivity index (χ4v) is 4.91. The average Bonchev–Trinajstić information content (AvgIpc) is 3.45. The van der Waals surface area contributed by atoms with Crippen molar-refractivity contribution in [3.05, 3.63) is 59.7 Å². The lowest BCUT2D eigenvalue weighted by molar-refractivity contribution is -0.144. The zero-order valence-electron chi connectivity index (χ0n) is 20.0. The topological polar surface area (TPSA) is 114 Å². The van der Waals surface area contributed by atoms with Crippen molar-refractivity contribution in [2.75, 3.05) is 33.9 Å². The van der Waals surface area contributed by atoms with E-state index in [2.05, 4.69) is 17.4 Å². The third-order valence-electron chi connectivity index (χ3n) is 6.92. The Hall–Kier alpha value is -3.43. The molecule has 1 heterocycles. The van der Waals surface area contributed by atoms with Gasteiger partial charge in [-0.3, -0.25) is 9.59 Å². The molecular formula is C26H30N2O7. The van der Waals surface area contributed by atoms with Gasteiger partial charge in [-0.05, 0) is 29.2 Å². The van der Waals surface area contributed by atoms with Crippen LogP contribution in [0.3, 0.4) is 0 Å². The molecule has 0 radical (unpaired) electrons. The number of nitrogens with one attached hydrogen (secondary N) is 1. The Bertz CT molecular complexity index is 1060. The number of nitrogens with zero attached hydrogens (tertiary/aromatic N) is 1. The van der Waals surface area contributed by atoms with Gasteiger partial charge in [-0.2, -0.15) is 0 Å². The predicted molar refractivity (Wildman–Crippen MR) is 127 cm³/mol. The molecule has 0 saturated carbocycles. The Morgan fingerprint density at radius 2 is 1.63 bits per heavy atom. The van der Waals surface area contributed by atoms with Crippen molar-refractivity contribution < 1.29 is 33.7 Å². The number of hydrogen-bond donors (Lipinski definition) is 2. The van der Waals surface area contributed by atoms with Gasteiger partial charge in [0, 0.05) is 33.2 Å². The van der Waals surface area contributed by atoms with E-state index in [-0.39, 0.29) is 25.6 Å². The Labute approximate surface area is 204 Å². The van der Waals surface area contributed by atoms with Crippen LogP contribution in [-0.2, 0) is 23.8 Å². The molecule has 2 unspecified atom stereocenters. The molecule has 1 aliphatic carbocycles. The number of carboxylic acid groups (broad SMARTS) is 1. The molecule has 2 N–H and O–H groups in total. The summed E-state index contributed by atoms with van der Waals surface area (Å²) >= 11 is 0. The van der Waals surface area contributed by atoms with E-state index in [1.165, 1.54) is 19.1 Å². The van der Waals surface area contributed by atoms with Crippen LogP contribution in [0, 0.1) is 5.92 Å². The second-order valence-corrected chi connectivity index (χ2v) is 8.85. The number of hydrogen-bond acceptors (Lipinski definition) is 6. The number of carboxylic acids is 1. The predicted octanol–water partition coefficient (Wildman–Crippen LogP) is 2.49. The van der Waals surface area contributed by atoms with Gasteiger partial charge in [0.05, 0.1) is 12.2 Å². The van der Waals surface area contributed by atoms with Crippen LogP contribution in [0.15, 0.2) is 48.5 Å². The molecule has 0 aromatic heterocycles. The fraction of sp³-hybridized carbons (Fsp3) is 0.423. The van der Waals surface area contributed by atoms with Crippen molar-refractivity contribution in [3.8, 4) is 11.1 Å². The molecule has 4 rings (SSSR count). The maximum absolute atomic E-state index is 13.2. The largest absolute Gasteiger partial charge is 0.481 e. The smallest absolute Gasteiger partial charge is 0.407 e. The quantitative estimate of drug-likeness (QED) is 0.594. The zero-order chi connectivity index (χ0) is 25.1. The SMILES string of the molecule is COC1CN(C(=O)[C@@H](NC(=O)OCC2c3ccccc3-c3ccccc32)[C@@H](C)OC)CC1C(=O)O. The highest BCUT2D eigenvalue weighted by atomic mass is 16.5. The third-order valence-corrected chi connectivity index (χ3v) is 6.92. The lowest BCUT2D eigenvalue weighted by atomic mass is 9.98. The highest BCUT2D eigenvalue weighted by molar-refractivity contribution is 5.87. The zero-order valence-corrected chi connectivity index (χ0v) is 20.0. The molecule has 1 aliphatic heterocycles. The van der Waals surface area contributed by atoms with E-state index in [9.17, 15) is 19.5 Å². The molecule has 2 aromatic carbocycles. The summed E-state index contributed by atoms with van der Waals surface area (Å²) in [6, 6.07) is 15.0. The van der Waals surface area contributed by atoms with Gasteiger partial charge in [0.1, 0.15) is 18.6 Å². The van der Waals surface area contributed by atoms with Crippen molar-refractivity contribution in [2.24, 2.45) is 5.92 Å². The van der Waals surface area contributed by atoms with Crippen molar-refractivity contribution >= 4 is 18.0 Å². The van der Waals surface area contributed by atoms with E-state index in [0.29, 0.717) is 0 Å². The maximum Gasteiger partial charge on any atom is 0.407 e. The van der Waals surface area contributed by atoms with Crippen LogP contribution in [0.25, 0.3) is 11.1 Å². The highest BCUT2D eigenvalue weighted by Gasteiger charge is 2.43. The number of carbonyl (C=O) groups excluding carboxylic acids is 2. The number of fused-ring (bicyclic) bond motifs is 3. The van der Waals surface area contributed by atoms with Gasteiger partial charge in [0.2, 0.25) is 5.91 Å². The standard InChI is InChI=1S/C26H30N2O7/c1-15(33-2)23(24(29)28-12-20(25(30)31)22(13-28)34-3)27-26(32)35-14-21-18-10-6-4-8-16(18)17-9-5-7-11-19(17)21/h4-11,15,20-23H,12-14H2,1-3H3,(H,27,32)(H,30,31)/t15-,20?,22?,23+/m1/s1. The Morgan fingerprint density at radius 3 is 2.14 bits per heavy atom. The number of amides is 2. The van der Waals surface area contributed by atoms with Crippen LogP contribution in [0.2, 0.25) is 0 Å². The summed E-state index contributed by atoms with van der Waals surface area (Å²) in [4.78, 5) is 38.9. The van der Waals surface area contributed by atoms with E-state index in [1.807, 2.05) is 36.4 Å². The van der Waals surface area contributed by atoms with Gasteiger partial charge >= 0.3 is 12.1 Å². The minimum absolute atomic E-state index is 0.00796. The normalized spacial score (nSPS) is 20.6. The molecule has 2 aromatic rings. The van der Waals surface area contributed by atoms with Crippen molar-refractivity contribution in [2.45, 2.75) is 31.1 Å². The number of methoxy groups -OCH3 is 2. The number of rotatable bonds is 8. The minimum Gasteiger partial charge on any atom is -0.481 e. The first kappa shape index (κ1) is 24.7. The van der Waals surface area contributed by atoms with E-state index in [4.69, 9.17) is 14.2 Å². The molecule has 0 spiro atoms. The summed E-state index contributed by atoms with van der Waals surface area (Å²) in [5.41, 5.74) is 4.41. The van der Waals surface area contributed by atoms with Crippen LogP contribution in [0.5, 0.6) is 0 Å². The lowest BCUT2D eigenvalue weighted by Crippen LogP contribution is -2.54. The summed E-state index contributed by atoms with van der Waals surface area (Å²) in [5, 5.41) is 12.1. The molecule has 4 atom stereocenters. The first-order chi connectivity index (χ1) is 16.8. The fourth-order valence-electron chi connectivity index (χ4n) is 4.91. The maximum atomic E-state index is 13.2. The Balaban J connectivity index is 1.44. The van der Waals surface area contributed by atoms with Crippen LogP contribution < -0.4 is 5.32 Å². The molecule has 35 heavy (non-hydrogen) atoms. The summed E-state index contributed by atoms with van der Waals surface area (Å²) in [6.07, 6.45) is -2.02. The highest BCUT2D eigenvalue weighted by Crippen LogP contribution is 2.44. The summed E-state index contributed by atoms with van der Waals surface area (Å²) < 4.78 is 16.2. The number of ether oxygens (including phenoxy) is 3. The second kappa shape index (κ2) is 10.5. The van der Waals surface area contributed by atoms with Crippen molar-refractivity contribution in [1.82, 2.24) is 10.2 Å². The van der Waals surface area contributed by atoms with Gasteiger partial charge in [0.25, 0.3) is 0 Å². The molecular weight excluding hydrogens is 452 g/mol. The summed E-state index contributed by atoms with van der Waals surface area (Å²) in [6.45, 7) is 1.88. The molecule has 9 nitrogen and oxygen atoms in total. The molecule has 1 saturated heterocycles. The van der Waals surface area contributed by atoms with Crippen LogP contribution >= 0.6 is 0 Å². The Morgan fingerprint density at radius 1 is 1.03 bits per heavy atom. The monoisotopic (exact) mass is 482 g/mol. The van der Waals surface area contributed by atoms with E-state index in [0.717, 1.165) is 22.3 Å². The van der Waals surface area contributed by atoms with E-state index < -0.39 is 42.1 Å². The first-order valence-corrected chi connectivity index (χ1v) is 11.5. The molecule has 9 heteroatoms. The van der Waals surface area contributed by atoms with Crippen LogP contribution in [0.1, 0.15) is 24.0 Å². The van der Waals surface area contributed by atoms with Crippen molar-refractivity contribution in [1.29, 1.82) is 0 Å². The van der Waals surface area contributed by atoms with Gasteiger partial charge in [-0.1, -0.05) is 48.5 Å². The molecule has 1 fully saturated rings. The average molecular weight is 483 g/mol. The number of alkyl carbamates (subject to hydrolysis) is 1. The van der Waals surface area contributed by atoms with Gasteiger partial charge < -0.3 is 29.5 Å². The van der Waals surface area contributed by atoms with Gasteiger partial charge in [-0.25, -0.2) is 4.79 Å². The Kier molecular flexibility index (Phi) is 7.37. The van der Waals surface area contributed by atoms with Gasteiger partial charge in [0.15, 0.2) is 0 Å². The molecule has 2 amide bonds. The molecule has 2 aliphatic rings. The first-order valence-electron chi connectivity index (χ1n) is 11.5. The van der Waals surface area contributed by atoms with Crippen LogP contribution in [-0.4, -0.2) is 80.1 Å². The number of carbonyl (C=O) groups is 3. The number of aliphatic carboxylic acids is 1. The van der Waals surface area contributed by atoms with E-state index in [1.54, 1.807) is 6.92 Å². The van der Waals surface area contributed by atoms with E-state index >= 15 is 0 Å². The molecule has 186 valence electrons. The summed E-state index contributed by atoms with van der Waals surface area (Å²) in [5.74, 6) is -2.43. The molecule has 0 bridgehead atoms. The number of likely N-dealkylation sites (tertiary alicyclic amines) is 1.